The molecule has 0 fully saturated rings. The van der Waals surface area contributed by atoms with Gasteiger partial charge in [0.15, 0.2) is 5.69 Å². The molecule has 1 amide bonds. The van der Waals surface area contributed by atoms with E-state index in [2.05, 4.69) is 15.4 Å². The Kier molecular flexibility index (Phi) is 3.35. The summed E-state index contributed by atoms with van der Waals surface area (Å²) in [5.41, 5.74) is 4.00. The third kappa shape index (κ3) is 2.54. The van der Waals surface area contributed by atoms with Crippen LogP contribution in [-0.4, -0.2) is 25.1 Å². The van der Waals surface area contributed by atoms with E-state index >= 15 is 0 Å². The maximum Gasteiger partial charge on any atom is 0.276 e. The fourth-order valence-corrected chi connectivity index (χ4v) is 2.63. The number of benzene rings is 1. The summed E-state index contributed by atoms with van der Waals surface area (Å²) in [5.74, 6) is -0.224. The molecule has 4 aromatic rings. The van der Waals surface area contributed by atoms with Gasteiger partial charge < -0.3 is 9.72 Å². The average molecular weight is 317 g/mol. The van der Waals surface area contributed by atoms with E-state index in [1.807, 2.05) is 72.5 Å². The van der Waals surface area contributed by atoms with E-state index in [0.29, 0.717) is 5.69 Å². The van der Waals surface area contributed by atoms with Gasteiger partial charge >= 0.3 is 0 Å². The quantitative estimate of drug-likeness (QED) is 0.632. The Hall–Kier alpha value is -3.41. The third-order valence-corrected chi connectivity index (χ3v) is 3.84. The highest BCUT2D eigenvalue weighted by molar-refractivity contribution is 6.07. The van der Waals surface area contributed by atoms with Crippen LogP contribution in [0.5, 0.6) is 0 Å². The van der Waals surface area contributed by atoms with Gasteiger partial charge in [0.2, 0.25) is 0 Å². The molecule has 0 radical (unpaired) electrons. The molecule has 0 unspecified atom stereocenters. The maximum absolute atomic E-state index is 12.4. The Balaban J connectivity index is 1.56. The zero-order valence-corrected chi connectivity index (χ0v) is 13.0. The molecule has 3 heterocycles. The van der Waals surface area contributed by atoms with Crippen molar-refractivity contribution in [3.63, 3.8) is 0 Å². The molecule has 0 bridgehead atoms. The highest BCUT2D eigenvalue weighted by Crippen LogP contribution is 2.21. The van der Waals surface area contributed by atoms with E-state index in [1.54, 1.807) is 11.0 Å². The van der Waals surface area contributed by atoms with Crippen molar-refractivity contribution in [2.45, 2.75) is 0 Å². The van der Waals surface area contributed by atoms with Gasteiger partial charge in [0.25, 0.3) is 5.91 Å². The molecule has 0 aliphatic rings. The van der Waals surface area contributed by atoms with Crippen molar-refractivity contribution in [3.8, 4) is 11.1 Å². The van der Waals surface area contributed by atoms with Crippen LogP contribution in [0.2, 0.25) is 0 Å². The fourth-order valence-electron chi connectivity index (χ4n) is 2.63. The zero-order valence-electron chi connectivity index (χ0n) is 13.0. The number of rotatable bonds is 3. The van der Waals surface area contributed by atoms with Gasteiger partial charge in [-0.2, -0.15) is 5.10 Å². The maximum atomic E-state index is 12.4. The molecule has 6 heteroatoms. The molecule has 0 saturated carbocycles. The Labute approximate surface area is 138 Å². The van der Waals surface area contributed by atoms with E-state index in [9.17, 15) is 4.79 Å². The summed E-state index contributed by atoms with van der Waals surface area (Å²) in [4.78, 5) is 16.6. The summed E-state index contributed by atoms with van der Waals surface area (Å²) in [6.45, 7) is 0. The predicted octanol–water partition coefficient (Wildman–Crippen LogP) is 2.99. The molecule has 0 aliphatic heterocycles. The SMILES string of the molecule is Cn1cc(-c2ccc(NC(=O)c3ncn4ccccc34)cc2)cn1. The van der Waals surface area contributed by atoms with Gasteiger partial charge in [-0.05, 0) is 29.8 Å². The molecular weight excluding hydrogens is 302 g/mol. The third-order valence-electron chi connectivity index (χ3n) is 3.84. The molecule has 4 rings (SSSR count). The number of aryl methyl sites for hydroxylation is 1. The molecule has 3 aromatic heterocycles. The fraction of sp³-hybridized carbons (Fsp3) is 0.0556. The monoisotopic (exact) mass is 317 g/mol. The second-order valence-corrected chi connectivity index (χ2v) is 5.52. The zero-order chi connectivity index (χ0) is 16.5. The lowest BCUT2D eigenvalue weighted by Crippen LogP contribution is -2.12. The van der Waals surface area contributed by atoms with Crippen molar-refractivity contribution in [2.24, 2.45) is 7.05 Å². The van der Waals surface area contributed by atoms with Gasteiger partial charge in [-0.1, -0.05) is 18.2 Å². The number of aromatic nitrogens is 4. The van der Waals surface area contributed by atoms with Crippen LogP contribution in [0, 0.1) is 0 Å². The lowest BCUT2D eigenvalue weighted by Gasteiger charge is -2.05. The molecule has 0 spiro atoms. The highest BCUT2D eigenvalue weighted by atomic mass is 16.1. The van der Waals surface area contributed by atoms with Crippen LogP contribution < -0.4 is 5.32 Å². The van der Waals surface area contributed by atoms with Gasteiger partial charge in [-0.3, -0.25) is 9.48 Å². The van der Waals surface area contributed by atoms with Crippen molar-refractivity contribution in [2.75, 3.05) is 5.32 Å². The summed E-state index contributed by atoms with van der Waals surface area (Å²) in [5, 5.41) is 7.05. The van der Waals surface area contributed by atoms with Crippen molar-refractivity contribution in [1.29, 1.82) is 0 Å². The van der Waals surface area contributed by atoms with E-state index in [4.69, 9.17) is 0 Å². The summed E-state index contributed by atoms with van der Waals surface area (Å²) in [7, 11) is 1.88. The first kappa shape index (κ1) is 14.2. The van der Waals surface area contributed by atoms with Crippen molar-refractivity contribution >= 4 is 17.1 Å². The molecule has 6 nitrogen and oxygen atoms in total. The number of amides is 1. The number of nitrogens with one attached hydrogen (secondary N) is 1. The minimum Gasteiger partial charge on any atom is -0.321 e. The van der Waals surface area contributed by atoms with Gasteiger partial charge in [-0.25, -0.2) is 4.98 Å². The van der Waals surface area contributed by atoms with Crippen LogP contribution in [0.4, 0.5) is 5.69 Å². The smallest absolute Gasteiger partial charge is 0.276 e. The van der Waals surface area contributed by atoms with Crippen LogP contribution in [0.1, 0.15) is 10.5 Å². The van der Waals surface area contributed by atoms with Crippen molar-refractivity contribution in [3.05, 3.63) is 73.1 Å². The van der Waals surface area contributed by atoms with Gasteiger partial charge in [0.05, 0.1) is 11.7 Å². The number of carbonyl (C=O) groups is 1. The van der Waals surface area contributed by atoms with Crippen LogP contribution in [-0.2, 0) is 7.05 Å². The minimum atomic E-state index is -0.224. The lowest BCUT2D eigenvalue weighted by atomic mass is 10.1. The van der Waals surface area contributed by atoms with Crippen LogP contribution >= 0.6 is 0 Å². The van der Waals surface area contributed by atoms with Crippen molar-refractivity contribution < 1.29 is 4.79 Å². The van der Waals surface area contributed by atoms with Gasteiger partial charge in [0, 0.05) is 30.7 Å². The van der Waals surface area contributed by atoms with Crippen LogP contribution in [0.15, 0.2) is 67.4 Å². The largest absolute Gasteiger partial charge is 0.321 e. The normalized spacial score (nSPS) is 10.9. The highest BCUT2D eigenvalue weighted by Gasteiger charge is 2.13. The molecule has 0 aliphatic carbocycles. The molecule has 0 atom stereocenters. The second kappa shape index (κ2) is 5.66. The van der Waals surface area contributed by atoms with E-state index in [1.165, 1.54) is 0 Å². The van der Waals surface area contributed by atoms with Crippen LogP contribution in [0.25, 0.3) is 16.6 Å². The van der Waals surface area contributed by atoms with Gasteiger partial charge in [0.1, 0.15) is 6.33 Å². The second-order valence-electron chi connectivity index (χ2n) is 5.52. The van der Waals surface area contributed by atoms with E-state index in [-0.39, 0.29) is 5.91 Å². The number of hydrogen-bond acceptors (Lipinski definition) is 3. The van der Waals surface area contributed by atoms with E-state index in [0.717, 1.165) is 22.3 Å². The molecule has 118 valence electrons. The predicted molar refractivity (Wildman–Crippen MR) is 91.8 cm³/mol. The Morgan fingerprint density at radius 3 is 2.67 bits per heavy atom. The first-order valence-corrected chi connectivity index (χ1v) is 7.53. The topological polar surface area (TPSA) is 64.2 Å². The first-order valence-electron chi connectivity index (χ1n) is 7.53. The molecule has 24 heavy (non-hydrogen) atoms. The Bertz CT molecular complexity index is 1010. The number of carbonyl (C=O) groups excluding carboxylic acids is 1. The number of imidazole rings is 1. The summed E-state index contributed by atoms with van der Waals surface area (Å²) >= 11 is 0. The number of fused-ring (bicyclic) bond motifs is 1. The lowest BCUT2D eigenvalue weighted by molar-refractivity contribution is 0.102. The van der Waals surface area contributed by atoms with Crippen molar-refractivity contribution in [1.82, 2.24) is 19.2 Å². The molecule has 0 saturated heterocycles. The number of pyridine rings is 1. The molecular formula is C18H15N5O. The number of nitrogens with zero attached hydrogens (tertiary/aromatic N) is 4. The summed E-state index contributed by atoms with van der Waals surface area (Å²) in [6, 6.07) is 13.3. The standard InChI is InChI=1S/C18H15N5O/c1-22-11-14(10-20-22)13-5-7-15(8-6-13)21-18(24)17-16-4-2-3-9-23(16)12-19-17/h2-12H,1H3,(H,21,24). The van der Waals surface area contributed by atoms with Crippen LogP contribution in [0.3, 0.4) is 0 Å². The van der Waals surface area contributed by atoms with E-state index < -0.39 is 0 Å². The van der Waals surface area contributed by atoms with Gasteiger partial charge in [-0.15, -0.1) is 0 Å². The number of hydrogen-bond donors (Lipinski definition) is 1. The molecule has 1 aromatic carbocycles. The minimum absolute atomic E-state index is 0.224. The Morgan fingerprint density at radius 1 is 1.08 bits per heavy atom. The Morgan fingerprint density at radius 2 is 1.92 bits per heavy atom. The number of anilines is 1. The molecule has 1 N–H and O–H groups in total. The first-order chi connectivity index (χ1) is 11.7. The summed E-state index contributed by atoms with van der Waals surface area (Å²) < 4.78 is 3.58. The summed E-state index contributed by atoms with van der Waals surface area (Å²) in [6.07, 6.45) is 7.26. The average Bonchev–Trinajstić information content (AvgIpc) is 3.22.